The van der Waals surface area contributed by atoms with Crippen molar-refractivity contribution in [1.29, 1.82) is 0 Å². The number of amides is 1. The van der Waals surface area contributed by atoms with Gasteiger partial charge in [0.1, 0.15) is 11.5 Å². The monoisotopic (exact) mass is 312 g/mol. The molecule has 0 aliphatic carbocycles. The van der Waals surface area contributed by atoms with Gasteiger partial charge in [0.25, 0.3) is 5.91 Å². The van der Waals surface area contributed by atoms with E-state index in [1.54, 1.807) is 44.8 Å². The number of carbonyl (C=O) groups excluding carboxylic acids is 1. The van der Waals surface area contributed by atoms with E-state index >= 15 is 0 Å². The Kier molecular flexibility index (Phi) is 4.46. The van der Waals surface area contributed by atoms with Crippen molar-refractivity contribution in [3.63, 3.8) is 0 Å². The average molecular weight is 312 g/mol. The van der Waals surface area contributed by atoms with Gasteiger partial charge in [-0.05, 0) is 42.7 Å². The van der Waals surface area contributed by atoms with Gasteiger partial charge in [0.2, 0.25) is 0 Å². The molecular weight excluding hydrogens is 292 g/mol. The Hall–Kier alpha value is -2.56. The van der Waals surface area contributed by atoms with Crippen molar-refractivity contribution in [2.24, 2.45) is 0 Å². The van der Waals surface area contributed by atoms with Crippen LogP contribution in [-0.4, -0.2) is 36.6 Å². The number of benzene rings is 1. The fourth-order valence-corrected chi connectivity index (χ4v) is 3.07. The standard InChI is InChI=1S/C18H20N2O3/c1-22-14-5-6-15(17(12-14)23-2)18(21)20-11-3-4-16(20)13-7-9-19-10-8-13/h5-10,12,16H,3-4,11H2,1-2H3. The zero-order chi connectivity index (χ0) is 16.2. The average Bonchev–Trinajstić information content (AvgIpc) is 3.11. The summed E-state index contributed by atoms with van der Waals surface area (Å²) in [5.74, 6) is 1.20. The van der Waals surface area contributed by atoms with Crippen LogP contribution in [-0.2, 0) is 0 Å². The zero-order valence-electron chi connectivity index (χ0n) is 13.4. The van der Waals surface area contributed by atoms with Gasteiger partial charge in [-0.15, -0.1) is 0 Å². The summed E-state index contributed by atoms with van der Waals surface area (Å²) in [7, 11) is 3.16. The highest BCUT2D eigenvalue weighted by atomic mass is 16.5. The van der Waals surface area contributed by atoms with E-state index in [0.717, 1.165) is 24.9 Å². The number of carbonyl (C=O) groups is 1. The summed E-state index contributed by atoms with van der Waals surface area (Å²) in [6, 6.07) is 9.33. The third kappa shape index (κ3) is 2.99. The van der Waals surface area contributed by atoms with E-state index in [2.05, 4.69) is 4.98 Å². The molecule has 1 atom stereocenters. The number of methoxy groups -OCH3 is 2. The van der Waals surface area contributed by atoms with Crippen LogP contribution in [0.4, 0.5) is 0 Å². The summed E-state index contributed by atoms with van der Waals surface area (Å²) in [4.78, 5) is 19.0. The van der Waals surface area contributed by atoms with Crippen LogP contribution in [0.2, 0.25) is 0 Å². The quantitative estimate of drug-likeness (QED) is 0.870. The van der Waals surface area contributed by atoms with Gasteiger partial charge in [-0.2, -0.15) is 0 Å². The summed E-state index contributed by atoms with van der Waals surface area (Å²) in [6.07, 6.45) is 5.50. The lowest BCUT2D eigenvalue weighted by Crippen LogP contribution is -2.30. The van der Waals surface area contributed by atoms with E-state index in [1.165, 1.54) is 0 Å². The van der Waals surface area contributed by atoms with Gasteiger partial charge in [0.05, 0.1) is 25.8 Å². The summed E-state index contributed by atoms with van der Waals surface area (Å²) in [5, 5.41) is 0. The first-order chi connectivity index (χ1) is 11.2. The van der Waals surface area contributed by atoms with Crippen molar-refractivity contribution in [2.75, 3.05) is 20.8 Å². The fraction of sp³-hybridized carbons (Fsp3) is 0.333. The predicted octanol–water partition coefficient (Wildman–Crippen LogP) is 3.08. The van der Waals surface area contributed by atoms with E-state index in [0.29, 0.717) is 17.1 Å². The number of ether oxygens (including phenoxy) is 2. The molecule has 0 spiro atoms. The molecule has 5 heteroatoms. The maximum atomic E-state index is 13.0. The van der Waals surface area contributed by atoms with E-state index in [4.69, 9.17) is 9.47 Å². The Balaban J connectivity index is 1.90. The van der Waals surface area contributed by atoms with Crippen LogP contribution in [0.1, 0.15) is 34.8 Å². The smallest absolute Gasteiger partial charge is 0.258 e. The van der Waals surface area contributed by atoms with Crippen molar-refractivity contribution in [3.05, 3.63) is 53.9 Å². The summed E-state index contributed by atoms with van der Waals surface area (Å²) in [5.41, 5.74) is 1.69. The minimum absolute atomic E-state index is 0.0104. The Labute approximate surface area is 135 Å². The Morgan fingerprint density at radius 1 is 1.17 bits per heavy atom. The molecule has 0 bridgehead atoms. The summed E-state index contributed by atoms with van der Waals surface area (Å²) < 4.78 is 10.6. The van der Waals surface area contributed by atoms with Crippen molar-refractivity contribution in [3.8, 4) is 11.5 Å². The number of likely N-dealkylation sites (tertiary alicyclic amines) is 1. The van der Waals surface area contributed by atoms with Crippen LogP contribution >= 0.6 is 0 Å². The minimum atomic E-state index is -0.0104. The Bertz CT molecular complexity index is 688. The van der Waals surface area contributed by atoms with Gasteiger partial charge in [-0.3, -0.25) is 9.78 Å². The number of rotatable bonds is 4. The van der Waals surface area contributed by atoms with E-state index in [9.17, 15) is 4.79 Å². The van der Waals surface area contributed by atoms with Crippen LogP contribution < -0.4 is 9.47 Å². The third-order valence-corrected chi connectivity index (χ3v) is 4.24. The van der Waals surface area contributed by atoms with Gasteiger partial charge < -0.3 is 14.4 Å². The molecule has 120 valence electrons. The van der Waals surface area contributed by atoms with Gasteiger partial charge in [-0.25, -0.2) is 0 Å². The molecule has 0 N–H and O–H groups in total. The maximum absolute atomic E-state index is 13.0. The van der Waals surface area contributed by atoms with Crippen LogP contribution in [0.5, 0.6) is 11.5 Å². The molecular formula is C18H20N2O3. The molecule has 1 aliphatic rings. The molecule has 2 heterocycles. The van der Waals surface area contributed by atoms with Crippen LogP contribution in [0, 0.1) is 0 Å². The molecule has 1 aromatic heterocycles. The number of hydrogen-bond acceptors (Lipinski definition) is 4. The molecule has 2 aromatic rings. The van der Waals surface area contributed by atoms with E-state index < -0.39 is 0 Å². The largest absolute Gasteiger partial charge is 0.497 e. The SMILES string of the molecule is COc1ccc(C(=O)N2CCCC2c2ccncc2)c(OC)c1. The second kappa shape index (κ2) is 6.69. The van der Waals surface area contributed by atoms with Crippen molar-refractivity contribution < 1.29 is 14.3 Å². The number of nitrogens with zero attached hydrogens (tertiary/aromatic N) is 2. The summed E-state index contributed by atoms with van der Waals surface area (Å²) >= 11 is 0. The predicted molar refractivity (Wildman–Crippen MR) is 86.8 cm³/mol. The van der Waals surface area contributed by atoms with Crippen LogP contribution in [0.15, 0.2) is 42.7 Å². The zero-order valence-corrected chi connectivity index (χ0v) is 13.4. The molecule has 1 unspecified atom stereocenters. The van der Waals surface area contributed by atoms with E-state index in [-0.39, 0.29) is 11.9 Å². The second-order valence-electron chi connectivity index (χ2n) is 5.50. The summed E-state index contributed by atoms with van der Waals surface area (Å²) in [6.45, 7) is 0.751. The molecule has 1 aromatic carbocycles. The molecule has 23 heavy (non-hydrogen) atoms. The lowest BCUT2D eigenvalue weighted by atomic mass is 10.1. The molecule has 1 aliphatic heterocycles. The number of aromatic nitrogens is 1. The highest BCUT2D eigenvalue weighted by molar-refractivity contribution is 5.97. The van der Waals surface area contributed by atoms with Gasteiger partial charge in [0.15, 0.2) is 0 Å². The fourth-order valence-electron chi connectivity index (χ4n) is 3.07. The van der Waals surface area contributed by atoms with Crippen molar-refractivity contribution in [2.45, 2.75) is 18.9 Å². The highest BCUT2D eigenvalue weighted by Gasteiger charge is 2.31. The number of pyridine rings is 1. The molecule has 1 fully saturated rings. The topological polar surface area (TPSA) is 51.7 Å². The van der Waals surface area contributed by atoms with Gasteiger partial charge >= 0.3 is 0 Å². The first kappa shape index (κ1) is 15.3. The van der Waals surface area contributed by atoms with E-state index in [1.807, 2.05) is 17.0 Å². The molecule has 1 saturated heterocycles. The van der Waals surface area contributed by atoms with Crippen molar-refractivity contribution in [1.82, 2.24) is 9.88 Å². The lowest BCUT2D eigenvalue weighted by Gasteiger charge is -2.26. The number of hydrogen-bond donors (Lipinski definition) is 0. The normalized spacial score (nSPS) is 17.1. The molecule has 0 radical (unpaired) electrons. The van der Waals surface area contributed by atoms with Gasteiger partial charge in [-0.1, -0.05) is 0 Å². The van der Waals surface area contributed by atoms with Crippen LogP contribution in [0.3, 0.4) is 0 Å². The first-order valence-corrected chi connectivity index (χ1v) is 7.67. The first-order valence-electron chi connectivity index (χ1n) is 7.67. The molecule has 0 saturated carbocycles. The van der Waals surface area contributed by atoms with Crippen molar-refractivity contribution >= 4 is 5.91 Å². The Morgan fingerprint density at radius 3 is 2.65 bits per heavy atom. The van der Waals surface area contributed by atoms with Gasteiger partial charge in [0, 0.05) is 25.0 Å². The minimum Gasteiger partial charge on any atom is -0.497 e. The highest BCUT2D eigenvalue weighted by Crippen LogP contribution is 2.35. The Morgan fingerprint density at radius 2 is 1.96 bits per heavy atom. The molecule has 3 rings (SSSR count). The molecule has 1 amide bonds. The van der Waals surface area contributed by atoms with Crippen LogP contribution in [0.25, 0.3) is 0 Å². The lowest BCUT2D eigenvalue weighted by molar-refractivity contribution is 0.0732. The second-order valence-corrected chi connectivity index (χ2v) is 5.50. The molecule has 5 nitrogen and oxygen atoms in total. The third-order valence-electron chi connectivity index (χ3n) is 4.24. The maximum Gasteiger partial charge on any atom is 0.258 e.